The van der Waals surface area contributed by atoms with Crippen molar-refractivity contribution in [3.05, 3.63) is 0 Å². The van der Waals surface area contributed by atoms with Gasteiger partial charge in [-0.3, -0.25) is 9.59 Å². The van der Waals surface area contributed by atoms with Crippen LogP contribution in [0.3, 0.4) is 0 Å². The molecule has 3 N–H and O–H groups in total. The normalized spacial score (nSPS) is 12.1. The average Bonchev–Trinajstić information content (AvgIpc) is 2.12. The van der Waals surface area contributed by atoms with Crippen molar-refractivity contribution in [2.24, 2.45) is 5.41 Å². The van der Waals surface area contributed by atoms with E-state index in [1.807, 2.05) is 0 Å². The maximum Gasteiger partial charge on any atom is 0.239 e. The second-order valence-corrected chi connectivity index (χ2v) is 5.52. The largest absolute Gasteiger partial charge is 0.394 e. The third kappa shape index (κ3) is 5.70. The Labute approximate surface area is 96.6 Å². The number of carbonyl (C=O) groups excluding carboxylic acids is 2. The Morgan fingerprint density at radius 3 is 2.00 bits per heavy atom. The number of carbonyl (C=O) groups is 2. The molecule has 0 spiro atoms. The summed E-state index contributed by atoms with van der Waals surface area (Å²) in [6, 6.07) is 0. The molecule has 0 saturated carbocycles. The van der Waals surface area contributed by atoms with Gasteiger partial charge in [-0.15, -0.1) is 0 Å². The molecular formula is C11H22N2O3. The number of hydrogen-bond donors (Lipinski definition) is 3. The zero-order valence-electron chi connectivity index (χ0n) is 10.7. The van der Waals surface area contributed by atoms with Crippen molar-refractivity contribution in [1.29, 1.82) is 0 Å². The van der Waals surface area contributed by atoms with Crippen LogP contribution in [-0.4, -0.2) is 35.6 Å². The predicted molar refractivity (Wildman–Crippen MR) is 61.8 cm³/mol. The van der Waals surface area contributed by atoms with Crippen LogP contribution in [0.2, 0.25) is 0 Å². The second kappa shape index (κ2) is 5.30. The maximum absolute atomic E-state index is 11.5. The number of aliphatic hydroxyl groups is 1. The summed E-state index contributed by atoms with van der Waals surface area (Å²) in [7, 11) is 0. The topological polar surface area (TPSA) is 78.4 Å². The van der Waals surface area contributed by atoms with Gasteiger partial charge in [0.25, 0.3) is 0 Å². The highest BCUT2D eigenvalue weighted by atomic mass is 16.3. The lowest BCUT2D eigenvalue weighted by molar-refractivity contribution is -0.131. The highest BCUT2D eigenvalue weighted by molar-refractivity contribution is 5.87. The molecule has 0 aliphatic heterocycles. The Balaban J connectivity index is 4.06. The molecule has 0 radical (unpaired) electrons. The molecule has 0 aromatic heterocycles. The summed E-state index contributed by atoms with van der Waals surface area (Å²) < 4.78 is 0. The molecule has 0 rings (SSSR count). The van der Waals surface area contributed by atoms with Gasteiger partial charge >= 0.3 is 0 Å². The standard InChI is InChI=1S/C11H22N2O3/c1-10(2,3)9(16)12-6-8(15)13-11(4,5)7-14/h14H,6-7H2,1-5H3,(H,12,16)(H,13,15). The van der Waals surface area contributed by atoms with Crippen molar-refractivity contribution in [1.82, 2.24) is 10.6 Å². The lowest BCUT2D eigenvalue weighted by Gasteiger charge is -2.24. The van der Waals surface area contributed by atoms with Crippen LogP contribution in [0.4, 0.5) is 0 Å². The van der Waals surface area contributed by atoms with Gasteiger partial charge in [0, 0.05) is 5.41 Å². The molecule has 5 nitrogen and oxygen atoms in total. The first-order chi connectivity index (χ1) is 7.08. The van der Waals surface area contributed by atoms with E-state index >= 15 is 0 Å². The first-order valence-corrected chi connectivity index (χ1v) is 5.29. The lowest BCUT2D eigenvalue weighted by Crippen LogP contribution is -2.50. The van der Waals surface area contributed by atoms with E-state index in [0.717, 1.165) is 0 Å². The monoisotopic (exact) mass is 230 g/mol. The fourth-order valence-corrected chi connectivity index (χ4v) is 0.887. The van der Waals surface area contributed by atoms with E-state index in [0.29, 0.717) is 0 Å². The first-order valence-electron chi connectivity index (χ1n) is 5.29. The molecule has 0 heterocycles. The average molecular weight is 230 g/mol. The van der Waals surface area contributed by atoms with Gasteiger partial charge in [-0.1, -0.05) is 20.8 Å². The van der Waals surface area contributed by atoms with Crippen molar-refractivity contribution in [2.45, 2.75) is 40.2 Å². The molecule has 0 saturated heterocycles. The van der Waals surface area contributed by atoms with E-state index in [2.05, 4.69) is 10.6 Å². The van der Waals surface area contributed by atoms with Gasteiger partial charge in [0.05, 0.1) is 18.7 Å². The van der Waals surface area contributed by atoms with Crippen LogP contribution in [0.25, 0.3) is 0 Å². The maximum atomic E-state index is 11.5. The Bertz CT molecular complexity index is 267. The van der Waals surface area contributed by atoms with Crippen LogP contribution < -0.4 is 10.6 Å². The Hall–Kier alpha value is -1.10. The van der Waals surface area contributed by atoms with Gasteiger partial charge in [0.2, 0.25) is 11.8 Å². The van der Waals surface area contributed by atoms with Crippen molar-refractivity contribution >= 4 is 11.8 Å². The molecule has 0 bridgehead atoms. The minimum Gasteiger partial charge on any atom is -0.394 e. The summed E-state index contributed by atoms with van der Waals surface area (Å²) >= 11 is 0. The quantitative estimate of drug-likeness (QED) is 0.638. The number of amides is 2. The van der Waals surface area contributed by atoms with Gasteiger partial charge in [-0.25, -0.2) is 0 Å². The summed E-state index contributed by atoms with van der Waals surface area (Å²) in [5.74, 6) is -0.485. The summed E-state index contributed by atoms with van der Waals surface area (Å²) in [5, 5.41) is 14.1. The highest BCUT2D eigenvalue weighted by Gasteiger charge is 2.23. The summed E-state index contributed by atoms with van der Waals surface area (Å²) in [4.78, 5) is 22.9. The van der Waals surface area contributed by atoms with Crippen LogP contribution in [0, 0.1) is 5.41 Å². The zero-order valence-corrected chi connectivity index (χ0v) is 10.7. The summed E-state index contributed by atoms with van der Waals surface area (Å²) in [6.07, 6.45) is 0. The van der Waals surface area contributed by atoms with E-state index in [9.17, 15) is 9.59 Å². The van der Waals surface area contributed by atoms with E-state index < -0.39 is 11.0 Å². The molecule has 0 fully saturated rings. The fraction of sp³-hybridized carbons (Fsp3) is 0.818. The van der Waals surface area contributed by atoms with Crippen molar-refractivity contribution < 1.29 is 14.7 Å². The molecule has 0 unspecified atom stereocenters. The van der Waals surface area contributed by atoms with Crippen molar-refractivity contribution in [3.8, 4) is 0 Å². The smallest absolute Gasteiger partial charge is 0.239 e. The minimum atomic E-state index is -0.663. The Kier molecular flexibility index (Phi) is 4.93. The molecule has 0 aliphatic rings. The third-order valence-corrected chi connectivity index (χ3v) is 1.96. The molecule has 0 aliphatic carbocycles. The van der Waals surface area contributed by atoms with E-state index in [-0.39, 0.29) is 25.0 Å². The molecule has 94 valence electrons. The highest BCUT2D eigenvalue weighted by Crippen LogP contribution is 2.11. The molecular weight excluding hydrogens is 208 g/mol. The minimum absolute atomic E-state index is 0.0699. The summed E-state index contributed by atoms with van der Waals surface area (Å²) in [6.45, 7) is 8.52. The van der Waals surface area contributed by atoms with Gasteiger partial charge in [0.15, 0.2) is 0 Å². The molecule has 5 heteroatoms. The van der Waals surface area contributed by atoms with Crippen LogP contribution in [0.15, 0.2) is 0 Å². The van der Waals surface area contributed by atoms with E-state index in [1.165, 1.54) is 0 Å². The Morgan fingerprint density at radius 1 is 1.12 bits per heavy atom. The fourth-order valence-electron chi connectivity index (χ4n) is 0.887. The summed E-state index contributed by atoms with van der Waals surface area (Å²) in [5.41, 5.74) is -1.17. The van der Waals surface area contributed by atoms with Crippen molar-refractivity contribution in [2.75, 3.05) is 13.2 Å². The zero-order chi connectivity index (χ0) is 13.0. The van der Waals surface area contributed by atoms with Gasteiger partial charge in [-0.2, -0.15) is 0 Å². The van der Waals surface area contributed by atoms with E-state index in [4.69, 9.17) is 5.11 Å². The number of rotatable bonds is 4. The number of aliphatic hydroxyl groups excluding tert-OH is 1. The molecule has 0 atom stereocenters. The molecule has 0 aromatic carbocycles. The third-order valence-electron chi connectivity index (χ3n) is 1.96. The van der Waals surface area contributed by atoms with Crippen LogP contribution in [0.1, 0.15) is 34.6 Å². The second-order valence-electron chi connectivity index (χ2n) is 5.52. The number of hydrogen-bond acceptors (Lipinski definition) is 3. The van der Waals surface area contributed by atoms with Crippen LogP contribution >= 0.6 is 0 Å². The first kappa shape index (κ1) is 14.9. The number of nitrogens with one attached hydrogen (secondary N) is 2. The predicted octanol–water partition coefficient (Wildman–Crippen LogP) is 0.0358. The van der Waals surface area contributed by atoms with Crippen LogP contribution in [-0.2, 0) is 9.59 Å². The molecule has 0 aromatic rings. The SMILES string of the molecule is CC(C)(CO)NC(=O)CNC(=O)C(C)(C)C. The van der Waals surface area contributed by atoms with Gasteiger partial charge in [-0.05, 0) is 13.8 Å². The molecule has 16 heavy (non-hydrogen) atoms. The Morgan fingerprint density at radius 2 is 1.62 bits per heavy atom. The van der Waals surface area contributed by atoms with Crippen molar-refractivity contribution in [3.63, 3.8) is 0 Å². The van der Waals surface area contributed by atoms with Gasteiger partial charge in [0.1, 0.15) is 0 Å². The lowest BCUT2D eigenvalue weighted by atomic mass is 9.96. The van der Waals surface area contributed by atoms with Crippen LogP contribution in [0.5, 0.6) is 0 Å². The van der Waals surface area contributed by atoms with E-state index in [1.54, 1.807) is 34.6 Å². The molecule has 2 amide bonds. The van der Waals surface area contributed by atoms with Gasteiger partial charge < -0.3 is 15.7 Å².